The second-order valence-corrected chi connectivity index (χ2v) is 7.42. The van der Waals surface area contributed by atoms with E-state index >= 15 is 0 Å². The Morgan fingerprint density at radius 2 is 1.70 bits per heavy atom. The minimum atomic E-state index is -0.409. The van der Waals surface area contributed by atoms with Gasteiger partial charge in [0.15, 0.2) is 11.2 Å². The zero-order valence-corrected chi connectivity index (χ0v) is 17.7. The Hall–Kier alpha value is -3.68. The number of aryl methyl sites for hydroxylation is 2. The fourth-order valence-electron chi connectivity index (χ4n) is 3.54. The summed E-state index contributed by atoms with van der Waals surface area (Å²) in [4.78, 5) is 30.1. The zero-order valence-electron chi connectivity index (χ0n) is 17.7. The van der Waals surface area contributed by atoms with Crippen LogP contribution < -0.4 is 11.2 Å². The minimum absolute atomic E-state index is 0.344. The maximum absolute atomic E-state index is 13.0. The smallest absolute Gasteiger partial charge is 0.299 e. The fraction of sp³-hybridized carbons (Fsp3) is 0.273. The van der Waals surface area contributed by atoms with Crippen molar-refractivity contribution in [3.63, 3.8) is 0 Å². The normalized spacial score (nSPS) is 11.8. The first-order valence-corrected chi connectivity index (χ1v) is 9.72. The average molecular weight is 404 g/mol. The number of benzene rings is 1. The lowest BCUT2D eigenvalue weighted by molar-refractivity contribution is 0.696. The van der Waals surface area contributed by atoms with Crippen molar-refractivity contribution in [1.82, 2.24) is 28.5 Å². The second kappa shape index (κ2) is 7.29. The van der Waals surface area contributed by atoms with E-state index < -0.39 is 5.69 Å². The van der Waals surface area contributed by atoms with Gasteiger partial charge in [0.2, 0.25) is 5.95 Å². The molecule has 0 aliphatic heterocycles. The molecule has 0 bridgehead atoms. The molecule has 0 radical (unpaired) electrons. The van der Waals surface area contributed by atoms with Crippen LogP contribution in [0.3, 0.4) is 0 Å². The summed E-state index contributed by atoms with van der Waals surface area (Å²) in [7, 11) is 3.10. The molecule has 1 aromatic carbocycles. The lowest BCUT2D eigenvalue weighted by Crippen LogP contribution is -2.37. The van der Waals surface area contributed by atoms with Crippen molar-refractivity contribution in [2.45, 2.75) is 27.3 Å². The molecule has 3 heterocycles. The third kappa shape index (κ3) is 3.01. The van der Waals surface area contributed by atoms with E-state index in [4.69, 9.17) is 0 Å². The number of rotatable bonds is 4. The summed E-state index contributed by atoms with van der Waals surface area (Å²) in [5.74, 6) is 0.509. The van der Waals surface area contributed by atoms with Gasteiger partial charge >= 0.3 is 5.69 Å². The molecule has 154 valence electrons. The number of fused-ring (bicyclic) bond motifs is 1. The molecule has 0 saturated heterocycles. The van der Waals surface area contributed by atoms with E-state index in [1.807, 2.05) is 67.8 Å². The second-order valence-electron chi connectivity index (χ2n) is 7.42. The van der Waals surface area contributed by atoms with Crippen LogP contribution in [0.4, 0.5) is 0 Å². The first kappa shape index (κ1) is 19.6. The van der Waals surface area contributed by atoms with Crippen molar-refractivity contribution in [1.29, 1.82) is 0 Å². The molecule has 30 heavy (non-hydrogen) atoms. The van der Waals surface area contributed by atoms with Crippen molar-refractivity contribution in [2.75, 3.05) is 0 Å². The van der Waals surface area contributed by atoms with Gasteiger partial charge in [-0.1, -0.05) is 42.5 Å². The molecule has 4 rings (SSSR count). The van der Waals surface area contributed by atoms with E-state index in [9.17, 15) is 9.59 Å². The molecule has 0 spiro atoms. The summed E-state index contributed by atoms with van der Waals surface area (Å²) < 4.78 is 6.06. The third-order valence-corrected chi connectivity index (χ3v) is 5.57. The maximum atomic E-state index is 13.0. The summed E-state index contributed by atoms with van der Waals surface area (Å²) >= 11 is 0. The summed E-state index contributed by atoms with van der Waals surface area (Å²) in [5, 5.41) is 4.62. The van der Waals surface area contributed by atoms with E-state index in [0.717, 1.165) is 27.1 Å². The van der Waals surface area contributed by atoms with Gasteiger partial charge in [0.25, 0.3) is 5.56 Å². The molecule has 0 aliphatic rings. The Bertz CT molecular complexity index is 1400. The van der Waals surface area contributed by atoms with Gasteiger partial charge in [-0.05, 0) is 31.9 Å². The van der Waals surface area contributed by atoms with Gasteiger partial charge in [0.05, 0.1) is 5.69 Å². The summed E-state index contributed by atoms with van der Waals surface area (Å²) in [5.41, 5.74) is 3.90. The van der Waals surface area contributed by atoms with Gasteiger partial charge in [-0.2, -0.15) is 10.1 Å². The van der Waals surface area contributed by atoms with Crippen LogP contribution in [-0.4, -0.2) is 28.5 Å². The molecule has 0 amide bonds. The molecule has 8 nitrogen and oxygen atoms in total. The van der Waals surface area contributed by atoms with E-state index in [0.29, 0.717) is 23.7 Å². The first-order chi connectivity index (χ1) is 14.3. The van der Waals surface area contributed by atoms with Gasteiger partial charge in [-0.3, -0.25) is 18.5 Å². The Kier molecular flexibility index (Phi) is 4.77. The quantitative estimate of drug-likeness (QED) is 0.523. The fourth-order valence-corrected chi connectivity index (χ4v) is 3.54. The Labute approximate surface area is 173 Å². The number of allylic oxidation sites excluding steroid dienone is 1. The van der Waals surface area contributed by atoms with Gasteiger partial charge in [0.1, 0.15) is 0 Å². The van der Waals surface area contributed by atoms with E-state index in [2.05, 4.69) is 10.1 Å². The third-order valence-electron chi connectivity index (χ3n) is 5.57. The van der Waals surface area contributed by atoms with Gasteiger partial charge in [-0.25, -0.2) is 9.48 Å². The highest BCUT2D eigenvalue weighted by molar-refractivity contribution is 5.73. The van der Waals surface area contributed by atoms with Crippen LogP contribution in [0, 0.1) is 20.8 Å². The molecule has 0 aliphatic carbocycles. The van der Waals surface area contributed by atoms with Crippen LogP contribution in [0.5, 0.6) is 0 Å². The van der Waals surface area contributed by atoms with Crippen molar-refractivity contribution >= 4 is 17.2 Å². The van der Waals surface area contributed by atoms with Crippen LogP contribution in [0.25, 0.3) is 23.2 Å². The average Bonchev–Trinajstić information content (AvgIpc) is 3.24. The Balaban J connectivity index is 1.97. The lowest BCUT2D eigenvalue weighted by Gasteiger charge is -2.08. The van der Waals surface area contributed by atoms with Crippen LogP contribution >= 0.6 is 0 Å². The van der Waals surface area contributed by atoms with Crippen LogP contribution in [-0.2, 0) is 20.6 Å². The molecule has 0 atom stereocenters. The predicted molar refractivity (Wildman–Crippen MR) is 117 cm³/mol. The molecule has 8 heteroatoms. The largest absolute Gasteiger partial charge is 0.332 e. The highest BCUT2D eigenvalue weighted by atomic mass is 16.2. The van der Waals surface area contributed by atoms with Gasteiger partial charge in [0, 0.05) is 26.3 Å². The van der Waals surface area contributed by atoms with E-state index in [1.165, 1.54) is 11.6 Å². The summed E-state index contributed by atoms with van der Waals surface area (Å²) in [6.45, 7) is 6.32. The van der Waals surface area contributed by atoms with Crippen molar-refractivity contribution < 1.29 is 0 Å². The molecular weight excluding hydrogens is 380 g/mol. The van der Waals surface area contributed by atoms with Gasteiger partial charge < -0.3 is 0 Å². The number of imidazole rings is 1. The van der Waals surface area contributed by atoms with Crippen molar-refractivity contribution in [3.05, 3.63) is 79.8 Å². The summed E-state index contributed by atoms with van der Waals surface area (Å²) in [6.07, 6.45) is 3.97. The molecule has 0 fully saturated rings. The van der Waals surface area contributed by atoms with Crippen LogP contribution in [0.15, 0.2) is 46.0 Å². The molecule has 0 unspecified atom stereocenters. The highest BCUT2D eigenvalue weighted by Gasteiger charge is 2.22. The van der Waals surface area contributed by atoms with Crippen LogP contribution in [0.2, 0.25) is 0 Å². The van der Waals surface area contributed by atoms with Crippen molar-refractivity contribution in [3.8, 4) is 5.95 Å². The number of hydrogen-bond acceptors (Lipinski definition) is 4. The lowest BCUT2D eigenvalue weighted by atomic mass is 10.2. The minimum Gasteiger partial charge on any atom is -0.299 e. The van der Waals surface area contributed by atoms with Crippen molar-refractivity contribution in [2.24, 2.45) is 14.1 Å². The van der Waals surface area contributed by atoms with E-state index in [-0.39, 0.29) is 5.56 Å². The zero-order chi connectivity index (χ0) is 21.6. The number of nitrogens with zero attached hydrogens (tertiary/aromatic N) is 6. The first-order valence-electron chi connectivity index (χ1n) is 9.72. The van der Waals surface area contributed by atoms with E-state index in [1.54, 1.807) is 11.7 Å². The molecule has 0 N–H and O–H groups in total. The SMILES string of the molecule is Cc1nn(-c2nc3c(c(=O)n(C)c(=O)n3C)n2C/C=C\c2ccccc2)c(C)c1C. The molecule has 4 aromatic rings. The predicted octanol–water partition coefficient (Wildman–Crippen LogP) is 2.26. The molecule has 0 saturated carbocycles. The summed E-state index contributed by atoms with van der Waals surface area (Å²) in [6, 6.07) is 9.94. The monoisotopic (exact) mass is 404 g/mol. The Morgan fingerprint density at radius 1 is 1.00 bits per heavy atom. The van der Waals surface area contributed by atoms with Crippen LogP contribution in [0.1, 0.15) is 22.5 Å². The Morgan fingerprint density at radius 3 is 2.33 bits per heavy atom. The topological polar surface area (TPSA) is 79.6 Å². The highest BCUT2D eigenvalue weighted by Crippen LogP contribution is 2.20. The maximum Gasteiger partial charge on any atom is 0.332 e. The standard InChI is InChI=1S/C22H24N6O2/c1-14-15(2)24-28(16(14)3)21-23-19-18(20(29)26(5)22(30)25(19)4)27(21)13-9-12-17-10-7-6-8-11-17/h6-12H,13H2,1-5H3/b12-9-. The molecular formula is C22H24N6O2. The number of aromatic nitrogens is 6. The number of hydrogen-bond donors (Lipinski definition) is 0. The molecule has 3 aromatic heterocycles. The van der Waals surface area contributed by atoms with Gasteiger partial charge in [-0.15, -0.1) is 0 Å².